The van der Waals surface area contributed by atoms with E-state index in [9.17, 15) is 9.50 Å². The largest absolute Gasteiger partial charge is 0.393 e. The quantitative estimate of drug-likeness (QED) is 0.785. The van der Waals surface area contributed by atoms with Crippen molar-refractivity contribution in [1.29, 1.82) is 0 Å². The highest BCUT2D eigenvalue weighted by Crippen LogP contribution is 2.16. The number of aliphatic hydroxyl groups excluding tert-OH is 1. The van der Waals surface area contributed by atoms with Gasteiger partial charge in [0.1, 0.15) is 5.82 Å². The summed E-state index contributed by atoms with van der Waals surface area (Å²) in [5, 5.41) is 9.45. The normalized spacial score (nSPS) is 15.1. The first-order chi connectivity index (χ1) is 6.63. The fourth-order valence-electron chi connectivity index (χ4n) is 1.58. The average molecular weight is 196 g/mol. The molecule has 1 rings (SSSR count). The number of hydrogen-bond donors (Lipinski definition) is 1. The van der Waals surface area contributed by atoms with Crippen molar-refractivity contribution in [3.8, 4) is 0 Å². The van der Waals surface area contributed by atoms with Crippen LogP contribution in [-0.4, -0.2) is 11.2 Å². The van der Waals surface area contributed by atoms with Crippen LogP contribution in [-0.2, 0) is 6.42 Å². The SMILES string of the molecule is CCC(Cc1ccc(F)cc1)C(C)O. The molecule has 1 nitrogen and oxygen atoms in total. The summed E-state index contributed by atoms with van der Waals surface area (Å²) in [7, 11) is 0. The molecule has 0 saturated carbocycles. The van der Waals surface area contributed by atoms with Crippen LogP contribution in [0.5, 0.6) is 0 Å². The maximum absolute atomic E-state index is 12.6. The summed E-state index contributed by atoms with van der Waals surface area (Å²) in [6.07, 6.45) is 1.45. The third-order valence-corrected chi connectivity index (χ3v) is 2.62. The molecule has 0 fully saturated rings. The first-order valence-corrected chi connectivity index (χ1v) is 5.06. The minimum Gasteiger partial charge on any atom is -0.393 e. The minimum absolute atomic E-state index is 0.209. The summed E-state index contributed by atoms with van der Waals surface area (Å²) in [6.45, 7) is 3.86. The van der Waals surface area contributed by atoms with Crippen LogP contribution in [0.2, 0.25) is 0 Å². The smallest absolute Gasteiger partial charge is 0.123 e. The van der Waals surface area contributed by atoms with E-state index in [0.717, 1.165) is 18.4 Å². The van der Waals surface area contributed by atoms with Gasteiger partial charge in [-0.2, -0.15) is 0 Å². The van der Waals surface area contributed by atoms with Gasteiger partial charge in [-0.1, -0.05) is 25.5 Å². The molecule has 1 aromatic rings. The van der Waals surface area contributed by atoms with Gasteiger partial charge >= 0.3 is 0 Å². The van der Waals surface area contributed by atoms with E-state index in [2.05, 4.69) is 6.92 Å². The molecule has 0 aliphatic heterocycles. The molecular weight excluding hydrogens is 179 g/mol. The van der Waals surface area contributed by atoms with E-state index in [1.54, 1.807) is 19.1 Å². The maximum atomic E-state index is 12.6. The molecule has 0 aromatic heterocycles. The van der Waals surface area contributed by atoms with Crippen LogP contribution in [0.15, 0.2) is 24.3 Å². The molecule has 0 radical (unpaired) electrons. The van der Waals surface area contributed by atoms with Crippen LogP contribution in [0.3, 0.4) is 0 Å². The number of halogens is 1. The number of hydrogen-bond acceptors (Lipinski definition) is 1. The van der Waals surface area contributed by atoms with Crippen LogP contribution in [0.1, 0.15) is 25.8 Å². The molecule has 0 amide bonds. The molecule has 14 heavy (non-hydrogen) atoms. The Labute approximate surface area is 84.6 Å². The Bertz CT molecular complexity index is 266. The van der Waals surface area contributed by atoms with Gasteiger partial charge in [-0.3, -0.25) is 0 Å². The third-order valence-electron chi connectivity index (χ3n) is 2.62. The lowest BCUT2D eigenvalue weighted by Crippen LogP contribution is -2.18. The highest BCUT2D eigenvalue weighted by atomic mass is 19.1. The van der Waals surface area contributed by atoms with Crippen LogP contribution in [0, 0.1) is 11.7 Å². The molecule has 0 heterocycles. The first-order valence-electron chi connectivity index (χ1n) is 5.06. The van der Waals surface area contributed by atoms with Crippen molar-refractivity contribution in [2.75, 3.05) is 0 Å². The first kappa shape index (κ1) is 11.2. The van der Waals surface area contributed by atoms with Gasteiger partial charge in [0, 0.05) is 0 Å². The van der Waals surface area contributed by atoms with Crippen molar-refractivity contribution in [1.82, 2.24) is 0 Å². The van der Waals surface area contributed by atoms with Crippen molar-refractivity contribution in [2.24, 2.45) is 5.92 Å². The summed E-state index contributed by atoms with van der Waals surface area (Å²) in [5.74, 6) is 0.0549. The Morgan fingerprint density at radius 1 is 1.29 bits per heavy atom. The topological polar surface area (TPSA) is 20.2 Å². The zero-order valence-electron chi connectivity index (χ0n) is 8.70. The van der Waals surface area contributed by atoms with Crippen molar-refractivity contribution >= 4 is 0 Å². The minimum atomic E-state index is -0.301. The summed E-state index contributed by atoms with van der Waals surface area (Å²) in [6, 6.07) is 6.48. The van der Waals surface area contributed by atoms with E-state index >= 15 is 0 Å². The maximum Gasteiger partial charge on any atom is 0.123 e. The Balaban J connectivity index is 2.63. The zero-order chi connectivity index (χ0) is 10.6. The lowest BCUT2D eigenvalue weighted by molar-refractivity contribution is 0.123. The highest BCUT2D eigenvalue weighted by Gasteiger charge is 2.12. The molecule has 78 valence electrons. The second kappa shape index (κ2) is 5.11. The molecule has 1 N–H and O–H groups in total. The summed E-state index contributed by atoms with van der Waals surface area (Å²) in [5.41, 5.74) is 1.08. The third kappa shape index (κ3) is 3.11. The number of rotatable bonds is 4. The molecule has 2 unspecified atom stereocenters. The Morgan fingerprint density at radius 3 is 2.29 bits per heavy atom. The van der Waals surface area contributed by atoms with Gasteiger partial charge in [0.05, 0.1) is 6.10 Å². The van der Waals surface area contributed by atoms with Gasteiger partial charge in [0.15, 0.2) is 0 Å². The van der Waals surface area contributed by atoms with Crippen molar-refractivity contribution in [3.05, 3.63) is 35.6 Å². The summed E-state index contributed by atoms with van der Waals surface area (Å²) < 4.78 is 12.6. The second-order valence-corrected chi connectivity index (χ2v) is 3.74. The zero-order valence-corrected chi connectivity index (χ0v) is 8.70. The fraction of sp³-hybridized carbons (Fsp3) is 0.500. The number of benzene rings is 1. The van der Waals surface area contributed by atoms with E-state index in [-0.39, 0.29) is 17.8 Å². The van der Waals surface area contributed by atoms with E-state index in [4.69, 9.17) is 0 Å². The van der Waals surface area contributed by atoms with Gasteiger partial charge in [0.25, 0.3) is 0 Å². The predicted molar refractivity (Wildman–Crippen MR) is 55.6 cm³/mol. The van der Waals surface area contributed by atoms with Gasteiger partial charge < -0.3 is 5.11 Å². The van der Waals surface area contributed by atoms with E-state index in [1.165, 1.54) is 12.1 Å². The van der Waals surface area contributed by atoms with E-state index in [0.29, 0.717) is 0 Å². The van der Waals surface area contributed by atoms with Crippen molar-refractivity contribution in [3.63, 3.8) is 0 Å². The average Bonchev–Trinajstić information content (AvgIpc) is 2.16. The molecule has 2 heteroatoms. The summed E-state index contributed by atoms with van der Waals surface area (Å²) >= 11 is 0. The van der Waals surface area contributed by atoms with Crippen LogP contribution >= 0.6 is 0 Å². The Kier molecular flexibility index (Phi) is 4.08. The van der Waals surface area contributed by atoms with Crippen molar-refractivity contribution in [2.45, 2.75) is 32.8 Å². The summed E-state index contributed by atoms with van der Waals surface area (Å²) in [4.78, 5) is 0. The molecule has 0 aliphatic rings. The van der Waals surface area contributed by atoms with Gasteiger partial charge in [-0.05, 0) is 37.0 Å². The van der Waals surface area contributed by atoms with Crippen LogP contribution in [0.4, 0.5) is 4.39 Å². The second-order valence-electron chi connectivity index (χ2n) is 3.74. The Morgan fingerprint density at radius 2 is 1.86 bits per heavy atom. The standard InChI is InChI=1S/C12H17FO/c1-3-11(9(2)14)8-10-4-6-12(13)7-5-10/h4-7,9,11,14H,3,8H2,1-2H3. The molecule has 0 saturated heterocycles. The van der Waals surface area contributed by atoms with Gasteiger partial charge in [-0.25, -0.2) is 4.39 Å². The van der Waals surface area contributed by atoms with Crippen LogP contribution < -0.4 is 0 Å². The molecule has 0 aliphatic carbocycles. The fourth-order valence-corrected chi connectivity index (χ4v) is 1.58. The monoisotopic (exact) mass is 196 g/mol. The predicted octanol–water partition coefficient (Wildman–Crippen LogP) is 2.78. The molecule has 2 atom stereocenters. The van der Waals surface area contributed by atoms with Gasteiger partial charge in [-0.15, -0.1) is 0 Å². The molecule has 0 spiro atoms. The lowest BCUT2D eigenvalue weighted by Gasteiger charge is -2.17. The van der Waals surface area contributed by atoms with Crippen molar-refractivity contribution < 1.29 is 9.50 Å². The lowest BCUT2D eigenvalue weighted by atomic mass is 9.93. The van der Waals surface area contributed by atoms with E-state index in [1.807, 2.05) is 0 Å². The molecule has 0 bridgehead atoms. The molecular formula is C12H17FO. The van der Waals surface area contributed by atoms with Crippen LogP contribution in [0.25, 0.3) is 0 Å². The van der Waals surface area contributed by atoms with Gasteiger partial charge in [0.2, 0.25) is 0 Å². The van der Waals surface area contributed by atoms with E-state index < -0.39 is 0 Å². The Hall–Kier alpha value is -0.890. The molecule has 1 aromatic carbocycles. The highest BCUT2D eigenvalue weighted by molar-refractivity contribution is 5.16. The number of aliphatic hydroxyl groups is 1.